The van der Waals surface area contributed by atoms with Crippen molar-refractivity contribution < 1.29 is 18.0 Å². The lowest BCUT2D eigenvalue weighted by atomic mass is 9.99. The largest absolute Gasteiger partial charge is 0.417 e. The fourth-order valence-electron chi connectivity index (χ4n) is 3.70. The van der Waals surface area contributed by atoms with Crippen molar-refractivity contribution in [2.24, 2.45) is 5.92 Å². The fourth-order valence-corrected chi connectivity index (χ4v) is 3.89. The first-order valence-corrected chi connectivity index (χ1v) is 11.5. The van der Waals surface area contributed by atoms with Crippen LogP contribution in [0.15, 0.2) is 36.8 Å². The van der Waals surface area contributed by atoms with Gasteiger partial charge in [-0.2, -0.15) is 13.2 Å². The van der Waals surface area contributed by atoms with Gasteiger partial charge in [-0.15, -0.1) is 0 Å². The molecule has 0 saturated carbocycles. The normalized spacial score (nSPS) is 12.4. The van der Waals surface area contributed by atoms with Crippen molar-refractivity contribution in [2.45, 2.75) is 45.8 Å². The van der Waals surface area contributed by atoms with Crippen molar-refractivity contribution in [2.75, 3.05) is 13.1 Å². The van der Waals surface area contributed by atoms with Gasteiger partial charge in [0, 0.05) is 30.3 Å². The number of carbonyl (C=O) groups is 1. The van der Waals surface area contributed by atoms with Crippen LogP contribution >= 0.6 is 11.6 Å². The molecule has 0 fully saturated rings. The number of aromatic nitrogens is 3. The van der Waals surface area contributed by atoms with E-state index >= 15 is 0 Å². The van der Waals surface area contributed by atoms with Gasteiger partial charge < -0.3 is 9.88 Å². The van der Waals surface area contributed by atoms with E-state index in [1.54, 1.807) is 0 Å². The number of hydrogen-bond donors (Lipinski definition) is 1. The topological polar surface area (TPSA) is 59.8 Å². The van der Waals surface area contributed by atoms with E-state index in [1.807, 2.05) is 12.3 Å². The number of rotatable bonds is 9. The highest BCUT2D eigenvalue weighted by Gasteiger charge is 2.34. The standard InChI is InChI=1S/C25H26ClF3N4O/c1-3-17(9-12-33-13-10-19-23(26)31-16-32-24(19)33)15-30-11-5-6-18-7-8-21(25(27,28)29)20(14-18)22(34)4-2/h7-8,10,13-14,16-17,30H,3-4,9,11-12,15H2,1-2H3. The maximum absolute atomic E-state index is 13.2. The third kappa shape index (κ3) is 6.37. The molecule has 1 aromatic carbocycles. The molecule has 0 bridgehead atoms. The Labute approximate surface area is 201 Å². The van der Waals surface area contributed by atoms with Gasteiger partial charge in [0.15, 0.2) is 5.78 Å². The molecular formula is C25H26ClF3N4O. The Kier molecular flexibility index (Phi) is 8.70. The molecule has 0 amide bonds. The monoisotopic (exact) mass is 490 g/mol. The van der Waals surface area contributed by atoms with E-state index in [0.29, 0.717) is 23.2 Å². The van der Waals surface area contributed by atoms with E-state index < -0.39 is 17.5 Å². The molecule has 2 aromatic heterocycles. The summed E-state index contributed by atoms with van der Waals surface area (Å²) in [6.07, 6.45) is 0.753. The minimum Gasteiger partial charge on any atom is -0.332 e. The first-order chi connectivity index (χ1) is 16.2. The second kappa shape index (κ2) is 11.5. The third-order valence-corrected chi connectivity index (χ3v) is 5.99. The Bertz CT molecular complexity index is 1210. The molecule has 0 aliphatic heterocycles. The van der Waals surface area contributed by atoms with Crippen molar-refractivity contribution in [3.63, 3.8) is 0 Å². The zero-order chi connectivity index (χ0) is 24.7. The van der Waals surface area contributed by atoms with Gasteiger partial charge >= 0.3 is 6.18 Å². The van der Waals surface area contributed by atoms with E-state index in [1.165, 1.54) is 25.4 Å². The minimum atomic E-state index is -4.57. The molecule has 3 aromatic rings. The van der Waals surface area contributed by atoms with Crippen molar-refractivity contribution in [1.29, 1.82) is 0 Å². The second-order valence-corrected chi connectivity index (χ2v) is 8.30. The average molecular weight is 491 g/mol. The van der Waals surface area contributed by atoms with Gasteiger partial charge in [0.25, 0.3) is 0 Å². The number of Topliss-reactive ketones (excluding diaryl/α,β-unsaturated/α-hetero) is 1. The van der Waals surface area contributed by atoms with Crippen molar-refractivity contribution >= 4 is 28.4 Å². The van der Waals surface area contributed by atoms with Crippen LogP contribution in [0.2, 0.25) is 5.15 Å². The molecule has 5 nitrogen and oxygen atoms in total. The molecule has 1 unspecified atom stereocenters. The van der Waals surface area contributed by atoms with Crippen molar-refractivity contribution in [1.82, 2.24) is 19.9 Å². The molecule has 0 aliphatic carbocycles. The van der Waals surface area contributed by atoms with E-state index in [-0.39, 0.29) is 12.0 Å². The maximum atomic E-state index is 13.2. The molecular weight excluding hydrogens is 465 g/mol. The predicted molar refractivity (Wildman–Crippen MR) is 127 cm³/mol. The summed E-state index contributed by atoms with van der Waals surface area (Å²) in [6.45, 7) is 5.61. The minimum absolute atomic E-state index is 0.00127. The average Bonchev–Trinajstić information content (AvgIpc) is 3.24. The molecule has 0 radical (unpaired) electrons. The van der Waals surface area contributed by atoms with E-state index in [4.69, 9.17) is 11.6 Å². The van der Waals surface area contributed by atoms with E-state index in [2.05, 4.69) is 38.6 Å². The van der Waals surface area contributed by atoms with Crippen LogP contribution in [0.3, 0.4) is 0 Å². The number of hydrogen-bond acceptors (Lipinski definition) is 4. The predicted octanol–water partition coefficient (Wildman–Crippen LogP) is 5.75. The first-order valence-electron chi connectivity index (χ1n) is 11.1. The van der Waals surface area contributed by atoms with Crippen LogP contribution in [0.5, 0.6) is 0 Å². The van der Waals surface area contributed by atoms with Gasteiger partial charge in [0.1, 0.15) is 17.1 Å². The fraction of sp³-hybridized carbons (Fsp3) is 0.400. The lowest BCUT2D eigenvalue weighted by Gasteiger charge is -2.15. The Morgan fingerprint density at radius 1 is 1.24 bits per heavy atom. The first kappa shape index (κ1) is 25.7. The van der Waals surface area contributed by atoms with Crippen LogP contribution in [-0.4, -0.2) is 33.4 Å². The van der Waals surface area contributed by atoms with E-state index in [0.717, 1.165) is 43.0 Å². The van der Waals surface area contributed by atoms with Crippen LogP contribution in [0, 0.1) is 17.8 Å². The molecule has 180 valence electrons. The number of halogens is 4. The SMILES string of the molecule is CCC(=O)c1cc(C#CCNCC(CC)CCn2ccc3c(Cl)ncnc32)ccc1C(F)(F)F. The summed E-state index contributed by atoms with van der Waals surface area (Å²) in [5.74, 6) is 5.65. The summed E-state index contributed by atoms with van der Waals surface area (Å²) >= 11 is 6.11. The number of ketones is 1. The number of carbonyl (C=O) groups excluding carboxylic acids is 1. The van der Waals surface area contributed by atoms with Gasteiger partial charge in [0.2, 0.25) is 0 Å². The van der Waals surface area contributed by atoms with Crippen LogP contribution in [-0.2, 0) is 12.7 Å². The van der Waals surface area contributed by atoms with Crippen LogP contribution in [0.1, 0.15) is 54.6 Å². The lowest BCUT2D eigenvalue weighted by Crippen LogP contribution is -2.23. The Hall–Kier alpha value is -2.89. The highest BCUT2D eigenvalue weighted by atomic mass is 35.5. The van der Waals surface area contributed by atoms with Crippen molar-refractivity contribution in [3.8, 4) is 11.8 Å². The number of benzene rings is 1. The summed E-state index contributed by atoms with van der Waals surface area (Å²) < 4.78 is 41.6. The van der Waals surface area contributed by atoms with Gasteiger partial charge in [-0.1, -0.05) is 43.7 Å². The second-order valence-electron chi connectivity index (χ2n) is 7.94. The smallest absolute Gasteiger partial charge is 0.332 e. The number of aryl methyl sites for hydroxylation is 1. The molecule has 34 heavy (non-hydrogen) atoms. The number of alkyl halides is 3. The molecule has 2 heterocycles. The molecule has 1 atom stereocenters. The van der Waals surface area contributed by atoms with Gasteiger partial charge in [-0.3, -0.25) is 4.79 Å². The van der Waals surface area contributed by atoms with Crippen LogP contribution in [0.25, 0.3) is 11.0 Å². The Balaban J connectivity index is 1.55. The van der Waals surface area contributed by atoms with Gasteiger partial charge in [-0.25, -0.2) is 9.97 Å². The zero-order valence-corrected chi connectivity index (χ0v) is 19.8. The molecule has 9 heteroatoms. The van der Waals surface area contributed by atoms with Crippen LogP contribution in [0.4, 0.5) is 13.2 Å². The summed E-state index contributed by atoms with van der Waals surface area (Å²) in [5, 5.41) is 4.56. The lowest BCUT2D eigenvalue weighted by molar-refractivity contribution is -0.137. The quantitative estimate of drug-likeness (QED) is 0.179. The number of nitrogens with one attached hydrogen (secondary N) is 1. The molecule has 0 aliphatic rings. The van der Waals surface area contributed by atoms with E-state index in [9.17, 15) is 18.0 Å². The summed E-state index contributed by atoms with van der Waals surface area (Å²) in [4.78, 5) is 20.3. The summed E-state index contributed by atoms with van der Waals surface area (Å²) in [6, 6.07) is 5.37. The molecule has 3 rings (SSSR count). The van der Waals surface area contributed by atoms with Gasteiger partial charge in [0.05, 0.1) is 17.5 Å². The molecule has 1 N–H and O–H groups in total. The Morgan fingerprint density at radius 2 is 2.03 bits per heavy atom. The molecule has 0 saturated heterocycles. The molecule has 0 spiro atoms. The number of nitrogens with zero attached hydrogens (tertiary/aromatic N) is 3. The summed E-state index contributed by atoms with van der Waals surface area (Å²) in [5.41, 5.74) is -0.0483. The highest BCUT2D eigenvalue weighted by Crippen LogP contribution is 2.33. The third-order valence-electron chi connectivity index (χ3n) is 5.69. The number of fused-ring (bicyclic) bond motifs is 1. The van der Waals surface area contributed by atoms with Crippen LogP contribution < -0.4 is 5.32 Å². The van der Waals surface area contributed by atoms with Crippen molar-refractivity contribution in [3.05, 3.63) is 58.6 Å². The Morgan fingerprint density at radius 3 is 2.74 bits per heavy atom. The summed E-state index contributed by atoms with van der Waals surface area (Å²) in [7, 11) is 0. The zero-order valence-electron chi connectivity index (χ0n) is 19.0. The van der Waals surface area contributed by atoms with Gasteiger partial charge in [-0.05, 0) is 43.1 Å². The maximum Gasteiger partial charge on any atom is 0.417 e. The highest BCUT2D eigenvalue weighted by molar-refractivity contribution is 6.33.